The number of hydrogen-bond donors (Lipinski definition) is 0. The van der Waals surface area contributed by atoms with Gasteiger partial charge in [-0.05, 0) is 31.2 Å². The predicted molar refractivity (Wildman–Crippen MR) is 80.2 cm³/mol. The van der Waals surface area contributed by atoms with Crippen LogP contribution in [0.25, 0.3) is 0 Å². The van der Waals surface area contributed by atoms with Gasteiger partial charge in [-0.1, -0.05) is 0 Å². The summed E-state index contributed by atoms with van der Waals surface area (Å²) in [6, 6.07) is 2.38. The molecule has 8 heteroatoms. The van der Waals surface area contributed by atoms with E-state index in [0.29, 0.717) is 38.4 Å². The molecule has 1 heterocycles. The first-order valence-corrected chi connectivity index (χ1v) is 7.70. The molecule has 4 nitrogen and oxygen atoms in total. The van der Waals surface area contributed by atoms with Crippen molar-refractivity contribution < 1.29 is 27.1 Å². The Hall–Kier alpha value is -1.67. The number of nitrogens with zero attached hydrogens (tertiary/aromatic N) is 2. The minimum atomic E-state index is -4.82. The van der Waals surface area contributed by atoms with Gasteiger partial charge in [-0.25, -0.2) is 4.39 Å². The first kappa shape index (κ1) is 18.7. The minimum absolute atomic E-state index is 0.144. The van der Waals surface area contributed by atoms with Crippen molar-refractivity contribution in [1.82, 2.24) is 9.80 Å². The molecule has 1 aromatic rings. The van der Waals surface area contributed by atoms with E-state index in [4.69, 9.17) is 4.74 Å². The summed E-state index contributed by atoms with van der Waals surface area (Å²) in [4.78, 5) is 16.1. The molecule has 1 aliphatic rings. The van der Waals surface area contributed by atoms with Crippen LogP contribution in [-0.4, -0.2) is 62.1 Å². The molecule has 1 amide bonds. The standard InChI is InChI=1S/C16H20F4N2O2/c1-24-10-9-21-5-2-6-22(8-7-21)15(23)12-3-4-14(17)13(11-12)16(18,19)20/h3-4,11H,2,5-10H2,1H3. The van der Waals surface area contributed by atoms with Gasteiger partial charge in [-0.2, -0.15) is 13.2 Å². The number of carbonyl (C=O) groups is 1. The highest BCUT2D eigenvalue weighted by Gasteiger charge is 2.35. The fourth-order valence-electron chi connectivity index (χ4n) is 2.68. The molecule has 0 aromatic heterocycles. The van der Waals surface area contributed by atoms with Crippen LogP contribution in [0, 0.1) is 5.82 Å². The van der Waals surface area contributed by atoms with E-state index in [1.807, 2.05) is 0 Å². The highest BCUT2D eigenvalue weighted by Crippen LogP contribution is 2.32. The topological polar surface area (TPSA) is 32.8 Å². The molecule has 0 saturated carbocycles. The van der Waals surface area contributed by atoms with Gasteiger partial charge in [0.05, 0.1) is 12.2 Å². The highest BCUT2D eigenvalue weighted by molar-refractivity contribution is 5.94. The molecule has 1 saturated heterocycles. The lowest BCUT2D eigenvalue weighted by atomic mass is 10.1. The van der Waals surface area contributed by atoms with Gasteiger partial charge < -0.3 is 9.64 Å². The molecular weight excluding hydrogens is 328 g/mol. The lowest BCUT2D eigenvalue weighted by Crippen LogP contribution is -2.36. The zero-order valence-corrected chi connectivity index (χ0v) is 13.4. The second-order valence-corrected chi connectivity index (χ2v) is 5.67. The van der Waals surface area contributed by atoms with Crippen LogP contribution in [0.2, 0.25) is 0 Å². The summed E-state index contributed by atoms with van der Waals surface area (Å²) in [5, 5.41) is 0. The molecule has 0 radical (unpaired) electrons. The maximum atomic E-state index is 13.3. The Bertz CT molecular complexity index is 578. The van der Waals surface area contributed by atoms with E-state index in [2.05, 4.69) is 4.90 Å². The average molecular weight is 348 g/mol. The normalized spacial score (nSPS) is 17.0. The molecule has 0 spiro atoms. The van der Waals surface area contributed by atoms with Crippen molar-refractivity contribution in [2.45, 2.75) is 12.6 Å². The number of alkyl halides is 3. The fraction of sp³-hybridized carbons (Fsp3) is 0.562. The van der Waals surface area contributed by atoms with Gasteiger partial charge in [0, 0.05) is 38.9 Å². The van der Waals surface area contributed by atoms with Crippen LogP contribution >= 0.6 is 0 Å². The Labute approximate surface area is 138 Å². The molecule has 24 heavy (non-hydrogen) atoms. The number of rotatable bonds is 4. The summed E-state index contributed by atoms with van der Waals surface area (Å²) in [6.45, 7) is 3.63. The maximum Gasteiger partial charge on any atom is 0.419 e. The maximum absolute atomic E-state index is 13.3. The molecule has 134 valence electrons. The van der Waals surface area contributed by atoms with Gasteiger partial charge in [0.15, 0.2) is 0 Å². The Morgan fingerprint density at radius 2 is 1.96 bits per heavy atom. The van der Waals surface area contributed by atoms with Crippen LogP contribution in [0.5, 0.6) is 0 Å². The van der Waals surface area contributed by atoms with Gasteiger partial charge in [0.1, 0.15) is 5.82 Å². The van der Waals surface area contributed by atoms with E-state index in [0.717, 1.165) is 25.6 Å². The van der Waals surface area contributed by atoms with Gasteiger partial charge in [-0.3, -0.25) is 9.69 Å². The van der Waals surface area contributed by atoms with Crippen LogP contribution in [0.4, 0.5) is 17.6 Å². The van der Waals surface area contributed by atoms with Crippen LogP contribution < -0.4 is 0 Å². The molecular formula is C16H20F4N2O2. The van der Waals surface area contributed by atoms with Gasteiger partial charge in [0.2, 0.25) is 0 Å². The molecule has 2 rings (SSSR count). The Morgan fingerprint density at radius 1 is 1.21 bits per heavy atom. The number of hydrogen-bond acceptors (Lipinski definition) is 3. The van der Waals surface area contributed by atoms with E-state index in [1.54, 1.807) is 7.11 Å². The monoisotopic (exact) mass is 348 g/mol. The smallest absolute Gasteiger partial charge is 0.383 e. The molecule has 0 atom stereocenters. The predicted octanol–water partition coefficient (Wildman–Crippen LogP) is 2.64. The van der Waals surface area contributed by atoms with E-state index >= 15 is 0 Å². The summed E-state index contributed by atoms with van der Waals surface area (Å²) < 4.78 is 56.7. The third kappa shape index (κ3) is 4.67. The van der Waals surface area contributed by atoms with Crippen molar-refractivity contribution in [2.75, 3.05) is 46.4 Å². The molecule has 0 bridgehead atoms. The Balaban J connectivity index is 2.09. The number of carbonyl (C=O) groups excluding carboxylic acids is 1. The Kier molecular flexibility index (Phi) is 6.17. The summed E-state index contributed by atoms with van der Waals surface area (Å²) >= 11 is 0. The number of benzene rings is 1. The van der Waals surface area contributed by atoms with Crippen LogP contribution in [0.15, 0.2) is 18.2 Å². The molecule has 1 aromatic carbocycles. The summed E-state index contributed by atoms with van der Waals surface area (Å²) in [5.41, 5.74) is -1.56. The van der Waals surface area contributed by atoms with E-state index in [1.165, 1.54) is 4.90 Å². The van der Waals surface area contributed by atoms with Crippen molar-refractivity contribution in [1.29, 1.82) is 0 Å². The van der Waals surface area contributed by atoms with Crippen molar-refractivity contribution in [3.05, 3.63) is 35.1 Å². The lowest BCUT2D eigenvalue weighted by Gasteiger charge is -2.22. The summed E-state index contributed by atoms with van der Waals surface area (Å²) in [6.07, 6.45) is -4.10. The average Bonchev–Trinajstić information content (AvgIpc) is 2.77. The van der Waals surface area contributed by atoms with Crippen molar-refractivity contribution >= 4 is 5.91 Å². The molecule has 0 aliphatic carbocycles. The van der Waals surface area contributed by atoms with Crippen molar-refractivity contribution in [2.24, 2.45) is 0 Å². The highest BCUT2D eigenvalue weighted by atomic mass is 19.4. The zero-order chi connectivity index (χ0) is 17.7. The third-order valence-electron chi connectivity index (χ3n) is 4.01. The first-order valence-electron chi connectivity index (χ1n) is 7.70. The third-order valence-corrected chi connectivity index (χ3v) is 4.01. The van der Waals surface area contributed by atoms with E-state index < -0.39 is 23.5 Å². The van der Waals surface area contributed by atoms with Crippen LogP contribution in [0.3, 0.4) is 0 Å². The number of halogens is 4. The molecule has 1 aliphatic heterocycles. The molecule has 1 fully saturated rings. The van der Waals surface area contributed by atoms with E-state index in [9.17, 15) is 22.4 Å². The number of amides is 1. The summed E-state index contributed by atoms with van der Waals surface area (Å²) in [7, 11) is 1.61. The molecule has 0 N–H and O–H groups in total. The van der Waals surface area contributed by atoms with Gasteiger partial charge in [-0.15, -0.1) is 0 Å². The van der Waals surface area contributed by atoms with Gasteiger partial charge in [0.25, 0.3) is 5.91 Å². The second kappa shape index (κ2) is 7.94. The summed E-state index contributed by atoms with van der Waals surface area (Å²) in [5.74, 6) is -1.88. The van der Waals surface area contributed by atoms with Crippen molar-refractivity contribution in [3.63, 3.8) is 0 Å². The minimum Gasteiger partial charge on any atom is -0.383 e. The first-order chi connectivity index (χ1) is 11.3. The number of methoxy groups -OCH3 is 1. The van der Waals surface area contributed by atoms with Crippen LogP contribution in [0.1, 0.15) is 22.3 Å². The van der Waals surface area contributed by atoms with Crippen molar-refractivity contribution in [3.8, 4) is 0 Å². The molecule has 0 unspecified atom stereocenters. The zero-order valence-electron chi connectivity index (χ0n) is 13.4. The SMILES string of the molecule is COCCN1CCCN(C(=O)c2ccc(F)c(C(F)(F)F)c2)CC1. The van der Waals surface area contributed by atoms with Crippen LogP contribution in [-0.2, 0) is 10.9 Å². The quantitative estimate of drug-likeness (QED) is 0.785. The van der Waals surface area contributed by atoms with E-state index in [-0.39, 0.29) is 5.56 Å². The Morgan fingerprint density at radius 3 is 2.62 bits per heavy atom. The fourth-order valence-corrected chi connectivity index (χ4v) is 2.68. The second-order valence-electron chi connectivity index (χ2n) is 5.67. The largest absolute Gasteiger partial charge is 0.419 e. The number of ether oxygens (including phenoxy) is 1. The van der Waals surface area contributed by atoms with Gasteiger partial charge >= 0.3 is 6.18 Å². The lowest BCUT2D eigenvalue weighted by molar-refractivity contribution is -0.140.